The number of carbonyl (C=O) groups excluding carboxylic acids is 1. The van der Waals surface area contributed by atoms with Crippen molar-refractivity contribution in [3.05, 3.63) is 60.3 Å². The fraction of sp³-hybridized carbons (Fsp3) is 0.0588. The van der Waals surface area contributed by atoms with Crippen LogP contribution in [0.2, 0.25) is 0 Å². The van der Waals surface area contributed by atoms with Crippen molar-refractivity contribution in [3.63, 3.8) is 0 Å². The third-order valence-corrected chi connectivity index (χ3v) is 3.11. The number of para-hydroxylation sites is 1. The van der Waals surface area contributed by atoms with Gasteiger partial charge in [0.05, 0.1) is 11.8 Å². The smallest absolute Gasteiger partial charge is 0.193 e. The summed E-state index contributed by atoms with van der Waals surface area (Å²) in [6.07, 6.45) is -0.125. The number of nitriles is 1. The van der Waals surface area contributed by atoms with Crippen LogP contribution in [0.3, 0.4) is 0 Å². The van der Waals surface area contributed by atoms with Crippen LogP contribution < -0.4 is 4.74 Å². The van der Waals surface area contributed by atoms with E-state index < -0.39 is 0 Å². The number of nitrogens with one attached hydrogen (secondary N) is 1. The highest BCUT2D eigenvalue weighted by molar-refractivity contribution is 6.00. The van der Waals surface area contributed by atoms with Gasteiger partial charge in [-0.15, -0.1) is 0 Å². The van der Waals surface area contributed by atoms with Crippen LogP contribution in [0.1, 0.15) is 16.9 Å². The minimum Gasteiger partial charge on any atom is -0.457 e. The second-order valence-electron chi connectivity index (χ2n) is 4.61. The number of hydrogen-bond acceptors (Lipinski definition) is 3. The number of aromatic amines is 1. The second kappa shape index (κ2) is 5.51. The van der Waals surface area contributed by atoms with Gasteiger partial charge in [0, 0.05) is 10.9 Å². The van der Waals surface area contributed by atoms with Crippen LogP contribution in [-0.4, -0.2) is 10.8 Å². The molecule has 0 atom stereocenters. The molecular formula is C17H12N2O2. The molecule has 1 heterocycles. The molecule has 3 rings (SSSR count). The standard InChI is InChI=1S/C17H12N2O2/c18-9-8-17(20)16-11-12-10-14(6-7-15(12)19-16)21-13-4-2-1-3-5-13/h1-7,10-11,19H,8H2. The Kier molecular flexibility index (Phi) is 3.40. The monoisotopic (exact) mass is 276 g/mol. The topological polar surface area (TPSA) is 65.9 Å². The zero-order valence-corrected chi connectivity index (χ0v) is 11.2. The van der Waals surface area contributed by atoms with Gasteiger partial charge in [0.15, 0.2) is 5.78 Å². The Morgan fingerprint density at radius 1 is 1.10 bits per heavy atom. The highest BCUT2D eigenvalue weighted by Crippen LogP contribution is 2.26. The molecule has 1 aromatic heterocycles. The van der Waals surface area contributed by atoms with Gasteiger partial charge < -0.3 is 9.72 Å². The number of ether oxygens (including phenoxy) is 1. The summed E-state index contributed by atoms with van der Waals surface area (Å²) in [5.74, 6) is 1.25. The van der Waals surface area contributed by atoms with E-state index in [1.54, 1.807) is 6.07 Å². The summed E-state index contributed by atoms with van der Waals surface area (Å²) < 4.78 is 5.75. The van der Waals surface area contributed by atoms with Gasteiger partial charge in [-0.05, 0) is 36.4 Å². The normalized spacial score (nSPS) is 10.2. The van der Waals surface area contributed by atoms with Gasteiger partial charge in [-0.2, -0.15) is 5.26 Å². The number of rotatable bonds is 4. The summed E-state index contributed by atoms with van der Waals surface area (Å²) in [5, 5.41) is 9.46. The average molecular weight is 276 g/mol. The molecule has 0 fully saturated rings. The molecule has 0 bridgehead atoms. The third kappa shape index (κ3) is 2.77. The number of ketones is 1. The number of H-pyrrole nitrogens is 1. The zero-order chi connectivity index (χ0) is 14.7. The maximum Gasteiger partial charge on any atom is 0.193 e. The molecule has 4 nitrogen and oxygen atoms in total. The Bertz CT molecular complexity index is 829. The molecule has 2 aromatic carbocycles. The predicted molar refractivity (Wildman–Crippen MR) is 79.4 cm³/mol. The van der Waals surface area contributed by atoms with Gasteiger partial charge in [-0.1, -0.05) is 18.2 Å². The van der Waals surface area contributed by atoms with Crippen molar-refractivity contribution < 1.29 is 9.53 Å². The van der Waals surface area contributed by atoms with Gasteiger partial charge in [-0.25, -0.2) is 0 Å². The summed E-state index contributed by atoms with van der Waals surface area (Å²) in [4.78, 5) is 14.7. The van der Waals surface area contributed by atoms with Crippen molar-refractivity contribution >= 4 is 16.7 Å². The van der Waals surface area contributed by atoms with Crippen LogP contribution in [-0.2, 0) is 0 Å². The molecule has 0 saturated carbocycles. The number of hydrogen-bond donors (Lipinski definition) is 1. The van der Waals surface area contributed by atoms with Crippen LogP contribution in [0, 0.1) is 11.3 Å². The minimum absolute atomic E-state index is 0.125. The van der Waals surface area contributed by atoms with E-state index in [2.05, 4.69) is 4.98 Å². The molecule has 4 heteroatoms. The van der Waals surface area contributed by atoms with Gasteiger partial charge in [0.2, 0.25) is 0 Å². The van der Waals surface area contributed by atoms with Crippen LogP contribution in [0.25, 0.3) is 10.9 Å². The van der Waals surface area contributed by atoms with Crippen molar-refractivity contribution in [1.82, 2.24) is 4.98 Å². The zero-order valence-electron chi connectivity index (χ0n) is 11.2. The van der Waals surface area contributed by atoms with Crippen molar-refractivity contribution in [2.45, 2.75) is 6.42 Å². The van der Waals surface area contributed by atoms with Crippen LogP contribution in [0.4, 0.5) is 0 Å². The number of carbonyl (C=O) groups is 1. The second-order valence-corrected chi connectivity index (χ2v) is 4.61. The number of Topliss-reactive ketones (excluding diaryl/α,β-unsaturated/α-hetero) is 1. The Balaban J connectivity index is 1.90. The van der Waals surface area contributed by atoms with E-state index in [0.717, 1.165) is 16.7 Å². The fourth-order valence-electron chi connectivity index (χ4n) is 2.12. The molecule has 0 aliphatic heterocycles. The summed E-state index contributed by atoms with van der Waals surface area (Å²) in [6.45, 7) is 0. The molecular weight excluding hydrogens is 264 g/mol. The van der Waals surface area contributed by atoms with E-state index in [1.165, 1.54) is 0 Å². The number of fused-ring (bicyclic) bond motifs is 1. The first-order chi connectivity index (χ1) is 10.3. The lowest BCUT2D eigenvalue weighted by atomic mass is 10.2. The van der Waals surface area contributed by atoms with Crippen LogP contribution in [0.15, 0.2) is 54.6 Å². The van der Waals surface area contributed by atoms with Gasteiger partial charge in [0.1, 0.15) is 17.9 Å². The summed E-state index contributed by atoms with van der Waals surface area (Å²) in [6, 6.07) is 18.7. The maximum atomic E-state index is 11.7. The van der Waals surface area contributed by atoms with E-state index in [9.17, 15) is 4.79 Å². The van der Waals surface area contributed by atoms with Gasteiger partial charge in [0.25, 0.3) is 0 Å². The lowest BCUT2D eigenvalue weighted by molar-refractivity contribution is 0.0994. The van der Waals surface area contributed by atoms with E-state index in [0.29, 0.717) is 11.4 Å². The maximum absolute atomic E-state index is 11.7. The largest absolute Gasteiger partial charge is 0.457 e. The Hall–Kier alpha value is -3.06. The molecule has 0 aliphatic carbocycles. The summed E-state index contributed by atoms with van der Waals surface area (Å²) >= 11 is 0. The van der Waals surface area contributed by atoms with Gasteiger partial charge in [-0.3, -0.25) is 4.79 Å². The molecule has 0 radical (unpaired) electrons. The third-order valence-electron chi connectivity index (χ3n) is 3.11. The highest BCUT2D eigenvalue weighted by atomic mass is 16.5. The molecule has 0 amide bonds. The predicted octanol–water partition coefficient (Wildman–Crippen LogP) is 4.06. The summed E-state index contributed by atoms with van der Waals surface area (Å²) in [5.41, 5.74) is 1.29. The molecule has 1 N–H and O–H groups in total. The average Bonchev–Trinajstić information content (AvgIpc) is 2.92. The van der Waals surface area contributed by atoms with E-state index in [-0.39, 0.29) is 12.2 Å². The lowest BCUT2D eigenvalue weighted by Crippen LogP contribution is -1.96. The first-order valence-corrected chi connectivity index (χ1v) is 6.52. The van der Waals surface area contributed by atoms with Crippen LogP contribution in [0.5, 0.6) is 11.5 Å². The van der Waals surface area contributed by atoms with Crippen molar-refractivity contribution in [1.29, 1.82) is 5.26 Å². The Morgan fingerprint density at radius 3 is 2.67 bits per heavy atom. The van der Waals surface area contributed by atoms with Gasteiger partial charge >= 0.3 is 0 Å². The molecule has 102 valence electrons. The number of aromatic nitrogens is 1. The fourth-order valence-corrected chi connectivity index (χ4v) is 2.12. The first-order valence-electron chi connectivity index (χ1n) is 6.52. The number of benzene rings is 2. The quantitative estimate of drug-likeness (QED) is 0.731. The number of nitrogens with zero attached hydrogens (tertiary/aromatic N) is 1. The molecule has 0 saturated heterocycles. The van der Waals surface area contributed by atoms with E-state index >= 15 is 0 Å². The summed E-state index contributed by atoms with van der Waals surface area (Å²) in [7, 11) is 0. The minimum atomic E-state index is -0.209. The molecule has 21 heavy (non-hydrogen) atoms. The van der Waals surface area contributed by atoms with E-state index in [4.69, 9.17) is 10.00 Å². The van der Waals surface area contributed by atoms with E-state index in [1.807, 2.05) is 54.6 Å². The lowest BCUT2D eigenvalue weighted by Gasteiger charge is -2.04. The highest BCUT2D eigenvalue weighted by Gasteiger charge is 2.09. The van der Waals surface area contributed by atoms with Crippen molar-refractivity contribution in [2.75, 3.05) is 0 Å². The van der Waals surface area contributed by atoms with Crippen molar-refractivity contribution in [2.24, 2.45) is 0 Å². The first kappa shape index (κ1) is 12.9. The Morgan fingerprint density at radius 2 is 1.90 bits per heavy atom. The Labute approximate surface area is 121 Å². The molecule has 0 aliphatic rings. The molecule has 3 aromatic rings. The van der Waals surface area contributed by atoms with Crippen molar-refractivity contribution in [3.8, 4) is 17.6 Å². The molecule has 0 unspecified atom stereocenters. The molecule has 0 spiro atoms. The van der Waals surface area contributed by atoms with Crippen LogP contribution >= 0.6 is 0 Å². The SMILES string of the molecule is N#CCC(=O)c1cc2cc(Oc3ccccc3)ccc2[nH]1.